The summed E-state index contributed by atoms with van der Waals surface area (Å²) in [6.07, 6.45) is -0.543. The van der Waals surface area contributed by atoms with E-state index in [1.54, 1.807) is 42.5 Å². The molecule has 0 bridgehead atoms. The lowest BCUT2D eigenvalue weighted by molar-refractivity contribution is -0.125. The molecule has 0 aliphatic carbocycles. The highest BCUT2D eigenvalue weighted by molar-refractivity contribution is 6.31. The Kier molecular flexibility index (Phi) is 4.71. The van der Waals surface area contributed by atoms with E-state index in [9.17, 15) is 9.59 Å². The second kappa shape index (κ2) is 6.93. The minimum absolute atomic E-state index is 0.321. The second-order valence-corrected chi connectivity index (χ2v) is 5.78. The number of fused-ring (bicyclic) bond motifs is 1. The van der Waals surface area contributed by atoms with Crippen LogP contribution in [0.25, 0.3) is 0 Å². The summed E-state index contributed by atoms with van der Waals surface area (Å²) in [5.74, 6) is -0.177. The van der Waals surface area contributed by atoms with Crippen LogP contribution in [0.4, 0.5) is 5.69 Å². The number of hydrogen-bond donors (Lipinski definition) is 1. The molecule has 0 fully saturated rings. The van der Waals surface area contributed by atoms with Crippen molar-refractivity contribution in [3.8, 4) is 5.75 Å². The van der Waals surface area contributed by atoms with E-state index in [2.05, 4.69) is 5.32 Å². The molecule has 24 heavy (non-hydrogen) atoms. The highest BCUT2D eigenvalue weighted by Gasteiger charge is 2.31. The minimum Gasteiger partial charge on any atom is -0.494 e. The van der Waals surface area contributed by atoms with E-state index in [4.69, 9.17) is 21.1 Å². The molecule has 0 spiro atoms. The van der Waals surface area contributed by atoms with Crippen molar-refractivity contribution < 1.29 is 19.1 Å². The summed E-state index contributed by atoms with van der Waals surface area (Å²) in [6.45, 7) is 2.48. The number of esters is 1. The largest absolute Gasteiger partial charge is 0.494 e. The van der Waals surface area contributed by atoms with E-state index < -0.39 is 12.1 Å². The number of cyclic esters (lactones) is 1. The topological polar surface area (TPSA) is 64.6 Å². The van der Waals surface area contributed by atoms with Gasteiger partial charge >= 0.3 is 5.97 Å². The first kappa shape index (κ1) is 16.3. The van der Waals surface area contributed by atoms with Gasteiger partial charge in [0.1, 0.15) is 5.75 Å². The van der Waals surface area contributed by atoms with Gasteiger partial charge in [0.2, 0.25) is 0 Å². The fourth-order valence-corrected chi connectivity index (χ4v) is 2.69. The Morgan fingerprint density at radius 3 is 2.75 bits per heavy atom. The van der Waals surface area contributed by atoms with E-state index in [-0.39, 0.29) is 5.91 Å². The zero-order chi connectivity index (χ0) is 17.1. The van der Waals surface area contributed by atoms with Crippen LogP contribution in [0.5, 0.6) is 5.75 Å². The third kappa shape index (κ3) is 3.51. The lowest BCUT2D eigenvalue weighted by atomic mass is 9.98. The summed E-state index contributed by atoms with van der Waals surface area (Å²) in [5, 5.41) is 3.21. The molecule has 2 aromatic carbocycles. The van der Waals surface area contributed by atoms with Crippen molar-refractivity contribution in [2.24, 2.45) is 0 Å². The van der Waals surface area contributed by atoms with Gasteiger partial charge < -0.3 is 14.8 Å². The first-order chi connectivity index (χ1) is 11.6. The highest BCUT2D eigenvalue weighted by Crippen LogP contribution is 2.25. The summed E-state index contributed by atoms with van der Waals surface area (Å²) in [7, 11) is 0. The van der Waals surface area contributed by atoms with Crippen LogP contribution in [0.2, 0.25) is 5.02 Å². The number of amides is 1. The molecule has 0 saturated heterocycles. The quantitative estimate of drug-likeness (QED) is 0.862. The number of anilines is 1. The molecule has 1 atom stereocenters. The Hall–Kier alpha value is -2.53. The van der Waals surface area contributed by atoms with Gasteiger partial charge in [-0.05, 0) is 48.9 Å². The average Bonchev–Trinajstić information content (AvgIpc) is 2.57. The van der Waals surface area contributed by atoms with Crippen LogP contribution in [-0.2, 0) is 16.0 Å². The summed E-state index contributed by atoms with van der Waals surface area (Å²) in [6, 6.07) is 12.0. The van der Waals surface area contributed by atoms with Gasteiger partial charge in [0.15, 0.2) is 6.10 Å². The third-order valence-corrected chi connectivity index (χ3v) is 3.91. The van der Waals surface area contributed by atoms with E-state index >= 15 is 0 Å². The van der Waals surface area contributed by atoms with Crippen LogP contribution in [0, 0.1) is 0 Å². The predicted octanol–water partition coefficient (Wildman–Crippen LogP) is 3.46. The second-order valence-electron chi connectivity index (χ2n) is 5.35. The molecule has 1 aliphatic rings. The maximum atomic E-state index is 12.4. The van der Waals surface area contributed by atoms with Crippen LogP contribution in [0.15, 0.2) is 42.5 Å². The fourth-order valence-electron chi connectivity index (χ4n) is 2.52. The molecule has 2 aromatic rings. The lowest BCUT2D eigenvalue weighted by Gasteiger charge is -2.24. The number of carbonyl (C=O) groups is 2. The van der Waals surface area contributed by atoms with Crippen LogP contribution in [0.1, 0.15) is 22.8 Å². The smallest absolute Gasteiger partial charge is 0.339 e. The number of hydrogen-bond acceptors (Lipinski definition) is 4. The van der Waals surface area contributed by atoms with Crippen LogP contribution in [-0.4, -0.2) is 24.6 Å². The van der Waals surface area contributed by atoms with Gasteiger partial charge in [-0.15, -0.1) is 0 Å². The van der Waals surface area contributed by atoms with E-state index in [1.165, 1.54) is 0 Å². The van der Waals surface area contributed by atoms with Gasteiger partial charge in [-0.2, -0.15) is 0 Å². The Labute approximate surface area is 144 Å². The van der Waals surface area contributed by atoms with E-state index in [0.717, 1.165) is 11.3 Å². The van der Waals surface area contributed by atoms with Crippen LogP contribution >= 0.6 is 11.6 Å². The van der Waals surface area contributed by atoms with Crippen molar-refractivity contribution in [3.63, 3.8) is 0 Å². The van der Waals surface area contributed by atoms with Crippen molar-refractivity contribution in [2.45, 2.75) is 19.4 Å². The van der Waals surface area contributed by atoms with Crippen molar-refractivity contribution >= 4 is 29.2 Å². The molecule has 1 amide bonds. The van der Waals surface area contributed by atoms with Gasteiger partial charge in [-0.1, -0.05) is 17.7 Å². The molecule has 0 radical (unpaired) electrons. The van der Waals surface area contributed by atoms with Crippen LogP contribution < -0.4 is 10.1 Å². The zero-order valence-corrected chi connectivity index (χ0v) is 13.8. The lowest BCUT2D eigenvalue weighted by Crippen LogP contribution is -2.38. The molecule has 124 valence electrons. The van der Waals surface area contributed by atoms with Crippen molar-refractivity contribution in [1.29, 1.82) is 0 Å². The standard InChI is InChI=1S/C18H16ClNO4/c1-2-23-14-7-5-13(6-8-14)20-17(21)16-9-11-3-4-12(19)10-15(11)18(22)24-16/h3-8,10,16H,2,9H2,1H3,(H,20,21). The normalized spacial score (nSPS) is 16.1. The number of carbonyl (C=O) groups excluding carboxylic acids is 2. The summed E-state index contributed by atoms with van der Waals surface area (Å²) >= 11 is 5.89. The molecule has 0 aromatic heterocycles. The number of halogens is 1. The number of ether oxygens (including phenoxy) is 2. The number of nitrogens with one attached hydrogen (secondary N) is 1. The Morgan fingerprint density at radius 2 is 2.04 bits per heavy atom. The van der Waals surface area contributed by atoms with Gasteiger partial charge in [0.05, 0.1) is 12.2 Å². The Bertz CT molecular complexity index is 773. The van der Waals surface area contributed by atoms with Crippen molar-refractivity contribution in [3.05, 3.63) is 58.6 Å². The molecule has 1 heterocycles. The van der Waals surface area contributed by atoms with Gasteiger partial charge in [0, 0.05) is 17.1 Å². The highest BCUT2D eigenvalue weighted by atomic mass is 35.5. The van der Waals surface area contributed by atoms with E-state index in [1.807, 2.05) is 6.92 Å². The van der Waals surface area contributed by atoms with Crippen LogP contribution in [0.3, 0.4) is 0 Å². The predicted molar refractivity (Wildman–Crippen MR) is 90.6 cm³/mol. The average molecular weight is 346 g/mol. The Balaban J connectivity index is 1.69. The maximum Gasteiger partial charge on any atom is 0.339 e. The molecular weight excluding hydrogens is 330 g/mol. The first-order valence-corrected chi connectivity index (χ1v) is 7.97. The van der Waals surface area contributed by atoms with Gasteiger partial charge in [-0.25, -0.2) is 4.79 Å². The molecular formula is C18H16ClNO4. The van der Waals surface area contributed by atoms with Crippen molar-refractivity contribution in [2.75, 3.05) is 11.9 Å². The Morgan fingerprint density at radius 1 is 1.29 bits per heavy atom. The minimum atomic E-state index is -0.863. The molecule has 1 aliphatic heterocycles. The number of benzene rings is 2. The zero-order valence-electron chi connectivity index (χ0n) is 13.0. The molecule has 3 rings (SSSR count). The molecule has 5 nitrogen and oxygen atoms in total. The monoisotopic (exact) mass is 345 g/mol. The first-order valence-electron chi connectivity index (χ1n) is 7.60. The summed E-state index contributed by atoms with van der Waals surface area (Å²) in [4.78, 5) is 24.4. The summed E-state index contributed by atoms with van der Waals surface area (Å²) < 4.78 is 10.6. The molecule has 1 N–H and O–H groups in total. The third-order valence-electron chi connectivity index (χ3n) is 3.67. The molecule has 6 heteroatoms. The summed E-state index contributed by atoms with van der Waals surface area (Å²) in [5.41, 5.74) is 1.77. The number of rotatable bonds is 4. The van der Waals surface area contributed by atoms with Gasteiger partial charge in [0.25, 0.3) is 5.91 Å². The van der Waals surface area contributed by atoms with Crippen molar-refractivity contribution in [1.82, 2.24) is 0 Å². The fraction of sp³-hybridized carbons (Fsp3) is 0.222. The van der Waals surface area contributed by atoms with Gasteiger partial charge in [-0.3, -0.25) is 4.79 Å². The maximum absolute atomic E-state index is 12.4. The SMILES string of the molecule is CCOc1ccc(NC(=O)C2Cc3ccc(Cl)cc3C(=O)O2)cc1. The molecule has 1 unspecified atom stereocenters. The van der Waals surface area contributed by atoms with E-state index in [0.29, 0.717) is 29.3 Å². The molecule has 0 saturated carbocycles.